The Morgan fingerprint density at radius 3 is 1.38 bits per heavy atom. The SMILES string of the molecule is C[CH2][Al-]([C]#Cc1ccccc1)([C]#Cc1ccccc1)[CH2]C. The van der Waals surface area contributed by atoms with Crippen molar-refractivity contribution in [2.24, 2.45) is 0 Å². The van der Waals surface area contributed by atoms with Gasteiger partial charge in [-0.25, -0.2) is 0 Å². The van der Waals surface area contributed by atoms with Crippen LogP contribution in [-0.2, 0) is 0 Å². The second kappa shape index (κ2) is 7.76. The van der Waals surface area contributed by atoms with Gasteiger partial charge in [0.2, 0.25) is 0 Å². The Morgan fingerprint density at radius 1 is 0.667 bits per heavy atom. The van der Waals surface area contributed by atoms with Crippen molar-refractivity contribution < 1.29 is 0 Å². The molecule has 2 aromatic carbocycles. The van der Waals surface area contributed by atoms with Crippen molar-refractivity contribution in [1.82, 2.24) is 0 Å². The monoisotopic (exact) mass is 287 g/mol. The van der Waals surface area contributed by atoms with E-state index >= 15 is 0 Å². The molecule has 1 heteroatoms. The fourth-order valence-corrected chi connectivity index (χ4v) is 4.57. The summed E-state index contributed by atoms with van der Waals surface area (Å²) in [6, 6.07) is 20.4. The van der Waals surface area contributed by atoms with Gasteiger partial charge in [-0.05, 0) is 24.3 Å². The van der Waals surface area contributed by atoms with E-state index in [-0.39, 0.29) is 0 Å². The molecule has 0 aromatic heterocycles. The van der Waals surface area contributed by atoms with E-state index in [1.165, 1.54) is 0 Å². The minimum atomic E-state index is -2.15. The highest BCUT2D eigenvalue weighted by Crippen LogP contribution is 2.14. The Hall–Kier alpha value is -1.91. The first-order valence-corrected chi connectivity index (χ1v) is 10.4. The molecule has 0 aliphatic heterocycles. The molecule has 104 valence electrons. The van der Waals surface area contributed by atoms with E-state index in [0.717, 1.165) is 21.7 Å². The van der Waals surface area contributed by atoms with Crippen LogP contribution in [0.3, 0.4) is 0 Å². The summed E-state index contributed by atoms with van der Waals surface area (Å²) in [5, 5.41) is 2.20. The Balaban J connectivity index is 2.30. The third-order valence-electron chi connectivity index (χ3n) is 3.93. The molecule has 0 aliphatic carbocycles. The quantitative estimate of drug-likeness (QED) is 0.557. The zero-order chi connectivity index (χ0) is 15.0. The van der Waals surface area contributed by atoms with Gasteiger partial charge in [-0.15, -0.1) is 25.7 Å². The largest absolute Gasteiger partial charge is 0.332 e. The van der Waals surface area contributed by atoms with E-state index in [4.69, 9.17) is 0 Å². The maximum atomic E-state index is 3.56. The van der Waals surface area contributed by atoms with E-state index in [0.29, 0.717) is 0 Å². The lowest BCUT2D eigenvalue weighted by atomic mass is 10.2. The van der Waals surface area contributed by atoms with E-state index < -0.39 is 13.1 Å². The topological polar surface area (TPSA) is 0 Å². The zero-order valence-corrected chi connectivity index (χ0v) is 13.9. The van der Waals surface area contributed by atoms with E-state index in [1.54, 1.807) is 0 Å². The summed E-state index contributed by atoms with van der Waals surface area (Å²) in [6.45, 7) is 4.46. The smallest absolute Gasteiger partial charge is 0.310 e. The standard InChI is InChI=1S/2C8H5.2C2H5.Al/c2*1-2-8-6-4-3-5-7-8;2*1-2;/h2*3-7H;2*1H2,2H3;/q;;;;-1. The van der Waals surface area contributed by atoms with Gasteiger partial charge in [0.1, 0.15) is 0 Å². The minimum absolute atomic E-state index is 1.09. The number of hydrogen-bond acceptors (Lipinski definition) is 0. The first-order chi connectivity index (χ1) is 10.3. The minimum Gasteiger partial charge on any atom is -0.332 e. The number of hydrogen-bond donors (Lipinski definition) is 0. The molecule has 0 atom stereocenters. The van der Waals surface area contributed by atoms with Crippen LogP contribution in [0.1, 0.15) is 25.0 Å². The van der Waals surface area contributed by atoms with E-state index in [2.05, 4.69) is 59.5 Å². The van der Waals surface area contributed by atoms with Crippen molar-refractivity contribution in [3.8, 4) is 21.4 Å². The number of rotatable bonds is 2. The first-order valence-electron chi connectivity index (χ1n) is 7.63. The molecule has 0 radical (unpaired) electrons. The van der Waals surface area contributed by atoms with Crippen LogP contribution in [0.2, 0.25) is 10.6 Å². The van der Waals surface area contributed by atoms with Gasteiger partial charge in [0.25, 0.3) is 0 Å². The predicted molar refractivity (Wildman–Crippen MR) is 93.4 cm³/mol. The Bertz CT molecular complexity index is 615. The molecule has 0 heterocycles. The van der Waals surface area contributed by atoms with E-state index in [9.17, 15) is 0 Å². The third-order valence-corrected chi connectivity index (χ3v) is 8.11. The molecule has 0 aliphatic rings. The van der Waals surface area contributed by atoms with Crippen LogP contribution in [0.15, 0.2) is 60.7 Å². The molecule has 0 bridgehead atoms. The summed E-state index contributed by atoms with van der Waals surface area (Å²) in [6.07, 6.45) is 0. The van der Waals surface area contributed by atoms with Crippen LogP contribution in [0.5, 0.6) is 0 Å². The molecule has 2 rings (SSSR count). The van der Waals surface area contributed by atoms with Crippen molar-refractivity contribution in [2.75, 3.05) is 0 Å². The molecule has 21 heavy (non-hydrogen) atoms. The maximum Gasteiger partial charge on any atom is 0.310 e. The summed E-state index contributed by atoms with van der Waals surface area (Å²) >= 11 is -2.15. The lowest BCUT2D eigenvalue weighted by Crippen LogP contribution is -2.29. The van der Waals surface area contributed by atoms with Gasteiger partial charge in [-0.3, -0.25) is 0 Å². The molecule has 0 saturated heterocycles. The molecular formula is C20H20Al-. The third kappa shape index (κ3) is 4.55. The van der Waals surface area contributed by atoms with Gasteiger partial charge in [0.15, 0.2) is 0 Å². The molecule has 0 fully saturated rings. The molecule has 0 unspecified atom stereocenters. The molecule has 0 nitrogen and oxygen atoms in total. The van der Waals surface area contributed by atoms with Gasteiger partial charge >= 0.3 is 13.1 Å². The molecule has 0 N–H and O–H groups in total. The highest BCUT2D eigenvalue weighted by molar-refractivity contribution is 6.94. The van der Waals surface area contributed by atoms with Crippen LogP contribution < -0.4 is 0 Å². The molecule has 0 spiro atoms. The van der Waals surface area contributed by atoms with Crippen LogP contribution in [0, 0.1) is 21.4 Å². The second-order valence-corrected chi connectivity index (χ2v) is 10.0. The fourth-order valence-electron chi connectivity index (χ4n) is 2.22. The van der Waals surface area contributed by atoms with Gasteiger partial charge in [0, 0.05) is 11.1 Å². The predicted octanol–water partition coefficient (Wildman–Crippen LogP) is 4.66. The zero-order valence-electron chi connectivity index (χ0n) is 12.8. The highest BCUT2D eigenvalue weighted by Gasteiger charge is 2.21. The summed E-state index contributed by atoms with van der Waals surface area (Å²) in [5.41, 5.74) is 2.18. The van der Waals surface area contributed by atoms with Crippen molar-refractivity contribution in [3.05, 3.63) is 71.8 Å². The Kier molecular flexibility index (Phi) is 5.72. The average molecular weight is 287 g/mol. The summed E-state index contributed by atoms with van der Waals surface area (Å²) in [7, 11) is 0. The second-order valence-electron chi connectivity index (χ2n) is 5.34. The van der Waals surface area contributed by atoms with Gasteiger partial charge in [0.05, 0.1) is 0 Å². The Labute approximate surface area is 130 Å². The van der Waals surface area contributed by atoms with Crippen molar-refractivity contribution in [1.29, 1.82) is 0 Å². The number of benzene rings is 2. The first kappa shape index (κ1) is 15.5. The van der Waals surface area contributed by atoms with Crippen LogP contribution in [-0.4, -0.2) is 13.1 Å². The summed E-state index contributed by atoms with van der Waals surface area (Å²) in [4.78, 5) is 7.12. The van der Waals surface area contributed by atoms with E-state index in [1.807, 2.05) is 36.4 Å². The fraction of sp³-hybridized carbons (Fsp3) is 0.200. The van der Waals surface area contributed by atoms with Gasteiger partial charge < -0.3 is 9.56 Å². The van der Waals surface area contributed by atoms with Crippen molar-refractivity contribution >= 4 is 13.1 Å². The molecular weight excluding hydrogens is 267 g/mol. The summed E-state index contributed by atoms with van der Waals surface area (Å²) < 4.78 is 0. The average Bonchev–Trinajstić information content (AvgIpc) is 2.58. The Morgan fingerprint density at radius 2 is 1.05 bits per heavy atom. The van der Waals surface area contributed by atoms with Crippen molar-refractivity contribution in [3.63, 3.8) is 0 Å². The molecule has 0 saturated carbocycles. The normalized spacial score (nSPS) is 10.0. The maximum absolute atomic E-state index is 3.56. The molecule has 0 amide bonds. The highest BCUT2D eigenvalue weighted by atomic mass is 27.2. The van der Waals surface area contributed by atoms with Crippen molar-refractivity contribution in [2.45, 2.75) is 24.4 Å². The summed E-state index contributed by atoms with van der Waals surface area (Å²) in [5.74, 6) is 6.69. The van der Waals surface area contributed by atoms with Crippen LogP contribution in [0.4, 0.5) is 0 Å². The lowest BCUT2D eigenvalue weighted by molar-refractivity contribution is 1.31. The van der Waals surface area contributed by atoms with Gasteiger partial charge in [-0.1, -0.05) is 36.4 Å². The van der Waals surface area contributed by atoms with Crippen LogP contribution in [0.25, 0.3) is 0 Å². The van der Waals surface area contributed by atoms with Crippen LogP contribution >= 0.6 is 0 Å². The lowest BCUT2D eigenvalue weighted by Gasteiger charge is -2.20. The van der Waals surface area contributed by atoms with Gasteiger partial charge in [-0.2, -0.15) is 10.6 Å². The molecule has 2 aromatic rings.